The van der Waals surface area contributed by atoms with Crippen LogP contribution in [0.3, 0.4) is 0 Å². The molecule has 2 heteroatoms. The van der Waals surface area contributed by atoms with E-state index in [0.29, 0.717) is 0 Å². The van der Waals surface area contributed by atoms with Crippen molar-refractivity contribution in [2.75, 3.05) is 26.1 Å². The van der Waals surface area contributed by atoms with E-state index in [4.69, 9.17) is 0 Å². The highest BCUT2D eigenvalue weighted by Gasteiger charge is 2.01. The maximum atomic E-state index is 2.26. The summed E-state index contributed by atoms with van der Waals surface area (Å²) < 4.78 is 0. The van der Waals surface area contributed by atoms with E-state index in [2.05, 4.69) is 32.2 Å². The van der Waals surface area contributed by atoms with E-state index in [1.807, 2.05) is 25.6 Å². The lowest BCUT2D eigenvalue weighted by molar-refractivity contribution is 0.308. The molecule has 0 N–H and O–H groups in total. The minimum absolute atomic E-state index is 0.734. The molecular weight excluding hydrogens is 154 g/mol. The van der Waals surface area contributed by atoms with E-state index in [1.54, 1.807) is 0 Å². The maximum absolute atomic E-state index is 2.26. The van der Waals surface area contributed by atoms with Gasteiger partial charge in [0.25, 0.3) is 0 Å². The smallest absolute Gasteiger partial charge is 0.00686 e. The van der Waals surface area contributed by atoms with Crippen LogP contribution in [0.1, 0.15) is 27.2 Å². The maximum Gasteiger partial charge on any atom is 0.00686 e. The van der Waals surface area contributed by atoms with Gasteiger partial charge in [-0.1, -0.05) is 13.8 Å². The summed E-state index contributed by atoms with van der Waals surface area (Å²) in [6.07, 6.45) is 3.45. The van der Waals surface area contributed by atoms with Gasteiger partial charge in [0.1, 0.15) is 0 Å². The molecule has 1 atom stereocenters. The van der Waals surface area contributed by atoms with Crippen molar-refractivity contribution in [2.24, 2.45) is 0 Å². The normalized spacial score (nSPS) is 12.3. The number of hydrogen-bond acceptors (Lipinski definition) is 2. The SMILES string of the molecule is CC.CSCCC(C)N(C)C. The van der Waals surface area contributed by atoms with E-state index < -0.39 is 0 Å². The van der Waals surface area contributed by atoms with Crippen LogP contribution in [-0.2, 0) is 0 Å². The van der Waals surface area contributed by atoms with Gasteiger partial charge in [-0.15, -0.1) is 0 Å². The average molecular weight is 177 g/mol. The van der Waals surface area contributed by atoms with E-state index in [9.17, 15) is 0 Å². The molecule has 0 spiro atoms. The van der Waals surface area contributed by atoms with Crippen molar-refractivity contribution < 1.29 is 0 Å². The summed E-state index contributed by atoms with van der Waals surface area (Å²) >= 11 is 1.92. The van der Waals surface area contributed by atoms with Gasteiger partial charge >= 0.3 is 0 Å². The Bertz CT molecular complexity index is 64.6. The summed E-state index contributed by atoms with van der Waals surface area (Å²) in [4.78, 5) is 2.26. The van der Waals surface area contributed by atoms with Crippen LogP contribution in [0, 0.1) is 0 Å². The Morgan fingerprint density at radius 1 is 1.27 bits per heavy atom. The van der Waals surface area contributed by atoms with Gasteiger partial charge in [0.15, 0.2) is 0 Å². The third-order valence-electron chi connectivity index (χ3n) is 1.62. The lowest BCUT2D eigenvalue weighted by Crippen LogP contribution is -2.24. The first-order valence-electron chi connectivity index (χ1n) is 4.34. The summed E-state index contributed by atoms with van der Waals surface area (Å²) in [5, 5.41) is 0. The Balaban J connectivity index is 0. The van der Waals surface area contributed by atoms with Crippen molar-refractivity contribution in [1.29, 1.82) is 0 Å². The van der Waals surface area contributed by atoms with Crippen LogP contribution in [0.15, 0.2) is 0 Å². The van der Waals surface area contributed by atoms with Crippen molar-refractivity contribution in [3.63, 3.8) is 0 Å². The molecule has 0 bridgehead atoms. The minimum Gasteiger partial charge on any atom is -0.307 e. The fourth-order valence-electron chi connectivity index (χ4n) is 0.547. The summed E-state index contributed by atoms with van der Waals surface area (Å²) in [6.45, 7) is 6.26. The standard InChI is InChI=1S/C7H17NS.C2H6/c1-7(8(2)3)5-6-9-4;1-2/h7H,5-6H2,1-4H3;1-2H3. The molecule has 1 nitrogen and oxygen atoms in total. The fraction of sp³-hybridized carbons (Fsp3) is 1.00. The summed E-state index contributed by atoms with van der Waals surface area (Å²) in [5.74, 6) is 1.28. The van der Waals surface area contributed by atoms with Gasteiger partial charge in [0.05, 0.1) is 0 Å². The lowest BCUT2D eigenvalue weighted by atomic mass is 10.2. The summed E-state index contributed by atoms with van der Waals surface area (Å²) in [7, 11) is 4.26. The van der Waals surface area contributed by atoms with Crippen molar-refractivity contribution in [2.45, 2.75) is 33.2 Å². The van der Waals surface area contributed by atoms with Gasteiger partial charge in [-0.2, -0.15) is 11.8 Å². The molecule has 1 unspecified atom stereocenters. The molecule has 0 aromatic carbocycles. The topological polar surface area (TPSA) is 3.24 Å². The predicted octanol–water partition coefficient (Wildman–Crippen LogP) is 2.72. The van der Waals surface area contributed by atoms with Crippen LogP contribution in [-0.4, -0.2) is 37.0 Å². The van der Waals surface area contributed by atoms with Crippen LogP contribution in [0.2, 0.25) is 0 Å². The third-order valence-corrected chi connectivity index (χ3v) is 2.27. The van der Waals surface area contributed by atoms with Gasteiger partial charge in [-0.25, -0.2) is 0 Å². The van der Waals surface area contributed by atoms with Gasteiger partial charge in [0, 0.05) is 6.04 Å². The number of nitrogens with zero attached hydrogens (tertiary/aromatic N) is 1. The molecule has 11 heavy (non-hydrogen) atoms. The van der Waals surface area contributed by atoms with Crippen LogP contribution in [0.4, 0.5) is 0 Å². The minimum atomic E-state index is 0.734. The molecule has 0 rings (SSSR count). The average Bonchev–Trinajstić information content (AvgIpc) is 2.03. The molecule has 0 saturated carbocycles. The second-order valence-corrected chi connectivity index (χ2v) is 3.58. The first-order chi connectivity index (χ1) is 5.18. The molecule has 0 aromatic heterocycles. The van der Waals surface area contributed by atoms with Crippen molar-refractivity contribution in [3.05, 3.63) is 0 Å². The van der Waals surface area contributed by atoms with Crippen molar-refractivity contribution in [3.8, 4) is 0 Å². The van der Waals surface area contributed by atoms with Gasteiger partial charge in [0.2, 0.25) is 0 Å². The molecule has 0 aliphatic carbocycles. The van der Waals surface area contributed by atoms with E-state index in [-0.39, 0.29) is 0 Å². The van der Waals surface area contributed by atoms with Crippen molar-refractivity contribution in [1.82, 2.24) is 4.90 Å². The van der Waals surface area contributed by atoms with Gasteiger partial charge in [-0.05, 0) is 39.4 Å². The molecule has 0 heterocycles. The van der Waals surface area contributed by atoms with Crippen LogP contribution in [0.5, 0.6) is 0 Å². The molecule has 0 radical (unpaired) electrons. The first-order valence-corrected chi connectivity index (χ1v) is 5.73. The molecule has 0 fully saturated rings. The van der Waals surface area contributed by atoms with E-state index in [0.717, 1.165) is 6.04 Å². The Morgan fingerprint density at radius 2 is 1.73 bits per heavy atom. The van der Waals surface area contributed by atoms with Crippen LogP contribution in [0.25, 0.3) is 0 Å². The van der Waals surface area contributed by atoms with E-state index in [1.165, 1.54) is 12.2 Å². The zero-order chi connectivity index (χ0) is 9.28. The molecule has 0 aliphatic heterocycles. The van der Waals surface area contributed by atoms with Crippen molar-refractivity contribution >= 4 is 11.8 Å². The molecule has 0 aliphatic rings. The number of rotatable bonds is 4. The van der Waals surface area contributed by atoms with Gasteiger partial charge in [-0.3, -0.25) is 0 Å². The Morgan fingerprint density at radius 3 is 2.00 bits per heavy atom. The molecular formula is C9H23NS. The monoisotopic (exact) mass is 177 g/mol. The zero-order valence-electron chi connectivity index (χ0n) is 8.85. The highest BCUT2D eigenvalue weighted by molar-refractivity contribution is 7.98. The highest BCUT2D eigenvalue weighted by atomic mass is 32.2. The summed E-state index contributed by atoms with van der Waals surface area (Å²) in [6, 6.07) is 0.734. The predicted molar refractivity (Wildman–Crippen MR) is 57.5 cm³/mol. The summed E-state index contributed by atoms with van der Waals surface area (Å²) in [5.41, 5.74) is 0. The molecule has 70 valence electrons. The molecule has 0 saturated heterocycles. The number of thioether (sulfide) groups is 1. The largest absolute Gasteiger partial charge is 0.307 e. The molecule has 0 amide bonds. The Labute approximate surface area is 76.5 Å². The lowest BCUT2D eigenvalue weighted by Gasteiger charge is -2.18. The third kappa shape index (κ3) is 10.3. The second kappa shape index (κ2) is 10.3. The fourth-order valence-corrected chi connectivity index (χ4v) is 1.12. The van der Waals surface area contributed by atoms with Crippen LogP contribution < -0.4 is 0 Å². The first kappa shape index (κ1) is 13.9. The quantitative estimate of drug-likeness (QED) is 0.649. The second-order valence-electron chi connectivity index (χ2n) is 2.59. The highest BCUT2D eigenvalue weighted by Crippen LogP contribution is 2.03. The Hall–Kier alpha value is 0.310. The van der Waals surface area contributed by atoms with E-state index >= 15 is 0 Å². The van der Waals surface area contributed by atoms with Crippen LogP contribution >= 0.6 is 11.8 Å². The Kier molecular flexibility index (Phi) is 13.0. The van der Waals surface area contributed by atoms with Gasteiger partial charge < -0.3 is 4.90 Å². The zero-order valence-corrected chi connectivity index (χ0v) is 9.66. The molecule has 0 aromatic rings. The number of hydrogen-bond donors (Lipinski definition) is 0.